The lowest BCUT2D eigenvalue weighted by atomic mass is 10.2. The molecule has 0 radical (unpaired) electrons. The Morgan fingerprint density at radius 3 is 2.72 bits per heavy atom. The first-order valence-electron chi connectivity index (χ1n) is 5.99. The summed E-state index contributed by atoms with van der Waals surface area (Å²) in [6, 6.07) is 9.85. The zero-order chi connectivity index (χ0) is 13.2. The summed E-state index contributed by atoms with van der Waals surface area (Å²) in [5, 5.41) is 0. The molecular formula is C14H20FN2O+. The van der Waals surface area contributed by atoms with E-state index < -0.39 is 0 Å². The molecule has 0 fully saturated rings. The van der Waals surface area contributed by atoms with Gasteiger partial charge in [0.05, 0.1) is 12.4 Å². The molecule has 0 heterocycles. The molecule has 1 aromatic rings. The third kappa shape index (κ3) is 5.48. The van der Waals surface area contributed by atoms with Crippen LogP contribution >= 0.6 is 0 Å². The van der Waals surface area contributed by atoms with Gasteiger partial charge in [-0.1, -0.05) is 30.3 Å². The lowest BCUT2D eigenvalue weighted by Crippen LogP contribution is -2.69. The van der Waals surface area contributed by atoms with Crippen molar-refractivity contribution in [3.05, 3.63) is 47.4 Å². The van der Waals surface area contributed by atoms with Crippen LogP contribution in [0.25, 0.3) is 0 Å². The van der Waals surface area contributed by atoms with Crippen molar-refractivity contribution in [3.63, 3.8) is 0 Å². The van der Waals surface area contributed by atoms with Crippen molar-refractivity contribution in [1.29, 1.82) is 0 Å². The Balaban J connectivity index is 2.50. The number of allylic oxidation sites excluding steroid dienone is 2. The first-order valence-corrected chi connectivity index (χ1v) is 5.99. The molecule has 0 bridgehead atoms. The van der Waals surface area contributed by atoms with Gasteiger partial charge in [0.1, 0.15) is 13.2 Å². The Bertz CT molecular complexity index is 398. The van der Waals surface area contributed by atoms with Crippen molar-refractivity contribution in [2.45, 2.75) is 20.0 Å². The Kier molecular flexibility index (Phi) is 6.54. The van der Waals surface area contributed by atoms with E-state index in [0.29, 0.717) is 31.0 Å². The van der Waals surface area contributed by atoms with Gasteiger partial charge in [0.2, 0.25) is 12.0 Å². The average Bonchev–Trinajstić information content (AvgIpc) is 2.38. The zero-order valence-corrected chi connectivity index (χ0v) is 10.7. The second kappa shape index (κ2) is 8.28. The second-order valence-electron chi connectivity index (χ2n) is 3.96. The van der Waals surface area contributed by atoms with E-state index in [4.69, 9.17) is 10.5 Å². The van der Waals surface area contributed by atoms with Gasteiger partial charge in [0.25, 0.3) is 0 Å². The van der Waals surface area contributed by atoms with Crippen molar-refractivity contribution >= 4 is 6.21 Å². The van der Waals surface area contributed by atoms with Gasteiger partial charge in [-0.05, 0) is 12.5 Å². The molecule has 0 aromatic heterocycles. The highest BCUT2D eigenvalue weighted by Crippen LogP contribution is 2.05. The normalized spacial score (nSPS) is 12.6. The van der Waals surface area contributed by atoms with Crippen LogP contribution in [0.4, 0.5) is 4.39 Å². The molecule has 0 spiro atoms. The molecule has 0 unspecified atom stereocenters. The zero-order valence-electron chi connectivity index (χ0n) is 10.7. The van der Waals surface area contributed by atoms with E-state index >= 15 is 0 Å². The van der Waals surface area contributed by atoms with E-state index in [1.54, 1.807) is 13.1 Å². The molecule has 0 saturated heterocycles. The molecule has 0 aliphatic carbocycles. The quantitative estimate of drug-likeness (QED) is 0.430. The highest BCUT2D eigenvalue weighted by molar-refractivity contribution is 5.71. The topological polar surface area (TPSA) is 49.2 Å². The van der Waals surface area contributed by atoms with Crippen molar-refractivity contribution in [1.82, 2.24) is 0 Å². The molecular weight excluding hydrogens is 231 g/mol. The Hall–Kier alpha value is -1.84. The van der Waals surface area contributed by atoms with Crippen LogP contribution < -0.4 is 10.7 Å². The van der Waals surface area contributed by atoms with Gasteiger partial charge in [-0.2, -0.15) is 0 Å². The van der Waals surface area contributed by atoms with Crippen molar-refractivity contribution in [2.24, 2.45) is 5.73 Å². The standard InChI is InChI=1S/C14H19FN2O/c1-12(16)14(10-17-9-5-8-15)18-11-13-6-3-2-4-7-13/h2-4,6-7,10H,5,8-9,11,16H2,1H3/p+1/b14-12+,17-10?. The van der Waals surface area contributed by atoms with Gasteiger partial charge in [0.15, 0.2) is 0 Å². The Morgan fingerprint density at radius 1 is 1.39 bits per heavy atom. The number of hydrogen-bond donors (Lipinski definition) is 2. The smallest absolute Gasteiger partial charge is 0.206 e. The maximum Gasteiger partial charge on any atom is 0.206 e. The minimum Gasteiger partial charge on any atom is -0.481 e. The number of alkyl halides is 1. The van der Waals surface area contributed by atoms with Gasteiger partial charge in [-0.25, -0.2) is 4.99 Å². The minimum atomic E-state index is -0.327. The molecule has 3 nitrogen and oxygen atoms in total. The van der Waals surface area contributed by atoms with Crippen molar-refractivity contribution in [3.8, 4) is 0 Å². The van der Waals surface area contributed by atoms with Crippen LogP contribution in [0.2, 0.25) is 0 Å². The number of hydrogen-bond acceptors (Lipinski definition) is 2. The third-order valence-electron chi connectivity index (χ3n) is 2.31. The predicted octanol–water partition coefficient (Wildman–Crippen LogP) is 0.904. The predicted molar refractivity (Wildman–Crippen MR) is 70.6 cm³/mol. The first kappa shape index (κ1) is 14.2. The van der Waals surface area contributed by atoms with E-state index in [0.717, 1.165) is 5.56 Å². The highest BCUT2D eigenvalue weighted by atomic mass is 19.1. The molecule has 18 heavy (non-hydrogen) atoms. The van der Waals surface area contributed by atoms with Gasteiger partial charge >= 0.3 is 0 Å². The van der Waals surface area contributed by atoms with E-state index in [1.807, 2.05) is 30.3 Å². The lowest BCUT2D eigenvalue weighted by Gasteiger charge is -2.06. The van der Waals surface area contributed by atoms with Gasteiger partial charge in [-0.3, -0.25) is 4.39 Å². The van der Waals surface area contributed by atoms with Crippen LogP contribution in [0.1, 0.15) is 18.9 Å². The molecule has 4 heteroatoms. The van der Waals surface area contributed by atoms with Crippen molar-refractivity contribution < 1.29 is 14.1 Å². The molecule has 1 aromatic carbocycles. The fraction of sp³-hybridized carbons (Fsp3) is 0.357. The summed E-state index contributed by atoms with van der Waals surface area (Å²) in [4.78, 5) is 2.98. The maximum atomic E-state index is 11.9. The number of benzene rings is 1. The average molecular weight is 251 g/mol. The van der Waals surface area contributed by atoms with Crippen LogP contribution in [-0.2, 0) is 11.3 Å². The number of ether oxygens (including phenoxy) is 1. The highest BCUT2D eigenvalue weighted by Gasteiger charge is 2.02. The van der Waals surface area contributed by atoms with Gasteiger partial charge in [-0.15, -0.1) is 0 Å². The Morgan fingerprint density at radius 2 is 2.11 bits per heavy atom. The van der Waals surface area contributed by atoms with Crippen LogP contribution in [0.15, 0.2) is 41.8 Å². The van der Waals surface area contributed by atoms with Gasteiger partial charge in [0, 0.05) is 6.42 Å². The molecule has 0 aliphatic heterocycles. The summed E-state index contributed by atoms with van der Waals surface area (Å²) < 4.78 is 17.5. The van der Waals surface area contributed by atoms with E-state index in [-0.39, 0.29) is 6.67 Å². The number of rotatable bonds is 7. The lowest BCUT2D eigenvalue weighted by molar-refractivity contribution is -0.452. The molecule has 0 amide bonds. The summed E-state index contributed by atoms with van der Waals surface area (Å²) in [7, 11) is 0. The third-order valence-corrected chi connectivity index (χ3v) is 2.31. The van der Waals surface area contributed by atoms with E-state index in [2.05, 4.69) is 4.99 Å². The fourth-order valence-electron chi connectivity index (χ4n) is 1.34. The molecule has 0 aliphatic rings. The summed E-state index contributed by atoms with van der Waals surface area (Å²) in [6.07, 6.45) is 2.17. The SMILES string of the molecule is C/C(N)=C(/C=[NH+]CCCF)OCc1ccccc1. The molecule has 1 rings (SSSR count). The Labute approximate surface area is 107 Å². The number of nitrogens with one attached hydrogen (secondary N) is 1. The number of halogens is 1. The molecule has 0 saturated carbocycles. The van der Waals surface area contributed by atoms with E-state index in [1.165, 1.54) is 0 Å². The monoisotopic (exact) mass is 251 g/mol. The maximum absolute atomic E-state index is 11.9. The van der Waals surface area contributed by atoms with Crippen LogP contribution in [-0.4, -0.2) is 19.4 Å². The molecule has 3 N–H and O–H groups in total. The summed E-state index contributed by atoms with van der Waals surface area (Å²) in [5.41, 5.74) is 7.40. The molecule has 98 valence electrons. The molecule has 0 atom stereocenters. The van der Waals surface area contributed by atoms with Crippen LogP contribution in [0, 0.1) is 0 Å². The first-order chi connectivity index (χ1) is 8.74. The number of nitrogens with two attached hydrogens (primary N) is 1. The van der Waals surface area contributed by atoms with Crippen LogP contribution in [0.5, 0.6) is 0 Å². The summed E-state index contributed by atoms with van der Waals surface area (Å²) in [6.45, 7) is 2.48. The van der Waals surface area contributed by atoms with Crippen LogP contribution in [0.3, 0.4) is 0 Å². The minimum absolute atomic E-state index is 0.327. The second-order valence-corrected chi connectivity index (χ2v) is 3.96. The fourth-order valence-corrected chi connectivity index (χ4v) is 1.34. The summed E-state index contributed by atoms with van der Waals surface area (Å²) >= 11 is 0. The van der Waals surface area contributed by atoms with Crippen molar-refractivity contribution in [2.75, 3.05) is 13.2 Å². The van der Waals surface area contributed by atoms with Gasteiger partial charge < -0.3 is 10.5 Å². The van der Waals surface area contributed by atoms with E-state index in [9.17, 15) is 4.39 Å². The largest absolute Gasteiger partial charge is 0.481 e. The summed E-state index contributed by atoms with van der Waals surface area (Å²) in [5.74, 6) is 0.595.